The summed E-state index contributed by atoms with van der Waals surface area (Å²) in [6.45, 7) is 2.40. The Morgan fingerprint density at radius 1 is 0.975 bits per heavy atom. The summed E-state index contributed by atoms with van der Waals surface area (Å²) in [6.07, 6.45) is -1.09. The van der Waals surface area contributed by atoms with Crippen LogP contribution in [0.15, 0.2) is 83.7 Å². The number of fused-ring (bicyclic) bond motifs is 1. The van der Waals surface area contributed by atoms with Crippen molar-refractivity contribution in [1.29, 1.82) is 5.41 Å². The Bertz CT molecular complexity index is 1730. The predicted octanol–water partition coefficient (Wildman–Crippen LogP) is 4.23. The zero-order valence-electron chi connectivity index (χ0n) is 21.5. The number of hydroxylamine groups is 1. The number of carbonyl (C=O) groups is 1. The second-order valence-electron chi connectivity index (χ2n) is 8.23. The van der Waals surface area contributed by atoms with Gasteiger partial charge < -0.3 is 24.0 Å². The minimum Gasteiger partial charge on any atom is -0.495 e. The van der Waals surface area contributed by atoms with Gasteiger partial charge in [-0.05, 0) is 55.5 Å². The molecule has 0 spiro atoms. The number of rotatable bonds is 7. The summed E-state index contributed by atoms with van der Waals surface area (Å²) >= 11 is 0. The summed E-state index contributed by atoms with van der Waals surface area (Å²) in [7, 11) is 1.50. The lowest BCUT2D eigenvalue weighted by Crippen LogP contribution is -2.29. The zero-order chi connectivity index (χ0) is 28.1. The molecule has 40 heavy (non-hydrogen) atoms. The third-order valence-electron chi connectivity index (χ3n) is 5.70. The van der Waals surface area contributed by atoms with Crippen LogP contribution < -0.4 is 25.4 Å². The number of carbonyl (C=O) groups excluding carboxylic acids is 1. The molecule has 0 bridgehead atoms. The maximum absolute atomic E-state index is 13.2. The van der Waals surface area contributed by atoms with Crippen molar-refractivity contribution in [3.63, 3.8) is 0 Å². The van der Waals surface area contributed by atoms with Crippen LogP contribution in [0.5, 0.6) is 17.2 Å². The van der Waals surface area contributed by atoms with Crippen LogP contribution in [0.25, 0.3) is 28.2 Å². The van der Waals surface area contributed by atoms with E-state index in [4.69, 9.17) is 24.5 Å². The summed E-state index contributed by atoms with van der Waals surface area (Å²) in [5.74, 6) is 1.17. The average molecular weight is 541 g/mol. The number of methoxy groups -OCH3 is 1. The molecule has 0 unspecified atom stereocenters. The first-order chi connectivity index (χ1) is 19.5. The second-order valence-corrected chi connectivity index (χ2v) is 8.23. The van der Waals surface area contributed by atoms with Crippen molar-refractivity contribution in [2.75, 3.05) is 13.7 Å². The van der Waals surface area contributed by atoms with Crippen LogP contribution >= 0.6 is 0 Å². The van der Waals surface area contributed by atoms with Crippen molar-refractivity contribution in [3.05, 3.63) is 95.0 Å². The van der Waals surface area contributed by atoms with Crippen LogP contribution in [-0.4, -0.2) is 45.2 Å². The van der Waals surface area contributed by atoms with E-state index in [2.05, 4.69) is 20.4 Å². The molecule has 3 N–H and O–H groups in total. The molecule has 0 aliphatic heterocycles. The molecule has 0 saturated heterocycles. The fraction of sp³-hybridized carbons (Fsp3) is 0.107. The number of benzene rings is 3. The highest BCUT2D eigenvalue weighted by atomic mass is 16.8. The van der Waals surface area contributed by atoms with E-state index >= 15 is 0 Å². The van der Waals surface area contributed by atoms with Crippen LogP contribution in [-0.2, 0) is 4.84 Å². The van der Waals surface area contributed by atoms with Crippen LogP contribution in [0.3, 0.4) is 0 Å². The molecule has 5 aromatic rings. The summed E-state index contributed by atoms with van der Waals surface area (Å²) in [6, 6.07) is 22.3. The molecule has 202 valence electrons. The summed E-state index contributed by atoms with van der Waals surface area (Å²) in [4.78, 5) is 42.2. The maximum atomic E-state index is 13.2. The van der Waals surface area contributed by atoms with Gasteiger partial charge in [0.2, 0.25) is 0 Å². The van der Waals surface area contributed by atoms with Gasteiger partial charge in [-0.15, -0.1) is 0 Å². The summed E-state index contributed by atoms with van der Waals surface area (Å²) < 4.78 is 17.4. The Morgan fingerprint density at radius 3 is 2.42 bits per heavy atom. The normalized spacial score (nSPS) is 10.7. The van der Waals surface area contributed by atoms with Gasteiger partial charge in [0.05, 0.1) is 19.4 Å². The molecule has 0 atom stereocenters. The molecule has 0 amide bonds. The lowest BCUT2D eigenvalue weighted by atomic mass is 10.2. The number of nitrogens with one attached hydrogen (secondary N) is 3. The van der Waals surface area contributed by atoms with Gasteiger partial charge >= 0.3 is 11.8 Å². The lowest BCUT2D eigenvalue weighted by Gasteiger charge is -2.12. The molecular weight excluding hydrogens is 516 g/mol. The molecule has 0 fully saturated rings. The van der Waals surface area contributed by atoms with Crippen molar-refractivity contribution in [3.8, 4) is 34.3 Å². The minimum absolute atomic E-state index is 0.0212. The molecule has 0 radical (unpaired) electrons. The third kappa shape index (κ3) is 5.31. The van der Waals surface area contributed by atoms with Crippen molar-refractivity contribution in [1.82, 2.24) is 25.0 Å². The highest BCUT2D eigenvalue weighted by Gasteiger charge is 2.22. The molecular formula is C28H24N6O6. The molecule has 2 heterocycles. The van der Waals surface area contributed by atoms with Gasteiger partial charge in [0, 0.05) is 5.56 Å². The highest BCUT2D eigenvalue weighted by molar-refractivity contribution is 6.04. The molecule has 0 saturated carbocycles. The quantitative estimate of drug-likeness (QED) is 0.0905. The number of amidine groups is 1. The van der Waals surface area contributed by atoms with Gasteiger partial charge in [0.25, 0.3) is 0 Å². The number of hydrogen-bond donors (Lipinski definition) is 3. The number of para-hydroxylation sites is 3. The maximum Gasteiger partial charge on any atom is 0.538 e. The molecule has 5 rings (SSSR count). The number of hydrogen-bond acceptors (Lipinski definition) is 9. The Hall–Kier alpha value is -5.65. The van der Waals surface area contributed by atoms with E-state index in [-0.39, 0.29) is 28.4 Å². The van der Waals surface area contributed by atoms with E-state index < -0.39 is 17.7 Å². The van der Waals surface area contributed by atoms with E-state index in [0.29, 0.717) is 29.4 Å². The number of ether oxygens (including phenoxy) is 3. The first-order valence-electron chi connectivity index (χ1n) is 12.2. The van der Waals surface area contributed by atoms with E-state index in [1.807, 2.05) is 6.92 Å². The Morgan fingerprint density at radius 2 is 1.70 bits per heavy atom. The van der Waals surface area contributed by atoms with Crippen molar-refractivity contribution in [2.45, 2.75) is 6.92 Å². The fourth-order valence-electron chi connectivity index (χ4n) is 3.95. The summed E-state index contributed by atoms with van der Waals surface area (Å²) in [5.41, 5.74) is 3.06. The third-order valence-corrected chi connectivity index (χ3v) is 5.70. The van der Waals surface area contributed by atoms with Crippen LogP contribution in [0.2, 0.25) is 0 Å². The number of imidazole rings is 1. The molecule has 0 aliphatic rings. The number of nitrogens with zero attached hydrogens (tertiary/aromatic N) is 3. The van der Waals surface area contributed by atoms with E-state index in [9.17, 15) is 9.59 Å². The van der Waals surface area contributed by atoms with Gasteiger partial charge in [-0.3, -0.25) is 5.41 Å². The van der Waals surface area contributed by atoms with E-state index in [0.717, 1.165) is 0 Å². The average Bonchev–Trinajstić information content (AvgIpc) is 3.31. The number of H-pyrrole nitrogens is 1. The first-order valence-corrected chi connectivity index (χ1v) is 12.2. The predicted molar refractivity (Wildman–Crippen MR) is 146 cm³/mol. The van der Waals surface area contributed by atoms with Crippen LogP contribution in [0, 0.1) is 5.41 Å². The molecule has 12 nitrogen and oxygen atoms in total. The minimum atomic E-state index is -1.09. The van der Waals surface area contributed by atoms with Gasteiger partial charge in [0.15, 0.2) is 17.3 Å². The van der Waals surface area contributed by atoms with Crippen molar-refractivity contribution in [2.24, 2.45) is 0 Å². The monoisotopic (exact) mass is 540 g/mol. The first kappa shape index (κ1) is 26.0. The molecule has 0 aliphatic carbocycles. The largest absolute Gasteiger partial charge is 0.538 e. The Kier molecular flexibility index (Phi) is 7.40. The van der Waals surface area contributed by atoms with E-state index in [1.54, 1.807) is 78.9 Å². The van der Waals surface area contributed by atoms with Gasteiger partial charge in [-0.1, -0.05) is 30.3 Å². The van der Waals surface area contributed by atoms with Gasteiger partial charge in [-0.2, -0.15) is 5.48 Å². The Labute approximate surface area is 227 Å². The van der Waals surface area contributed by atoms with Crippen molar-refractivity contribution >= 4 is 23.2 Å². The van der Waals surface area contributed by atoms with Gasteiger partial charge in [-0.25, -0.2) is 24.1 Å². The topological polar surface area (TPSA) is 153 Å². The Balaban J connectivity index is 1.56. The SMILES string of the molecule is CCOc1ccc(-c2nc(C(=N)NOC(=O)Oc3ccccc3)c3[nH]c(=O)n(-c4ccccc4OC)c3n2)cc1. The summed E-state index contributed by atoms with van der Waals surface area (Å²) in [5, 5.41) is 8.59. The van der Waals surface area contributed by atoms with E-state index in [1.165, 1.54) is 11.7 Å². The standard InChI is InChI=1S/C28H24N6O6/c1-3-38-18-15-13-17(14-16-18)25-30-22(24(29)33-40-28(36)39-19-9-5-4-6-10-19)23-26(32-25)34(27(35)31-23)20-11-7-8-12-21(20)37-2/h4-16H,3H2,1-2H3,(H2,29,33)(H,31,35). The van der Waals surface area contributed by atoms with Crippen LogP contribution in [0.1, 0.15) is 12.6 Å². The van der Waals surface area contributed by atoms with Crippen molar-refractivity contribution < 1.29 is 23.8 Å². The molecule has 12 heteroatoms. The fourth-order valence-corrected chi connectivity index (χ4v) is 3.95. The number of aromatic nitrogens is 4. The second kappa shape index (κ2) is 11.4. The zero-order valence-corrected chi connectivity index (χ0v) is 21.5. The lowest BCUT2D eigenvalue weighted by molar-refractivity contribution is 0.0754. The van der Waals surface area contributed by atoms with Crippen LogP contribution in [0.4, 0.5) is 4.79 Å². The number of aromatic amines is 1. The highest BCUT2D eigenvalue weighted by Crippen LogP contribution is 2.27. The van der Waals surface area contributed by atoms with Gasteiger partial charge in [0.1, 0.15) is 28.5 Å². The molecule has 2 aromatic heterocycles. The molecule has 3 aromatic carbocycles. The smallest absolute Gasteiger partial charge is 0.495 e.